The van der Waals surface area contributed by atoms with Crippen LogP contribution < -0.4 is 103 Å². The first-order valence-electron chi connectivity index (χ1n) is 8.45. The van der Waals surface area contributed by atoms with Crippen LogP contribution in [0.3, 0.4) is 0 Å². The molecule has 1 heterocycles. The number of nitrogens with zero attached hydrogens (tertiary/aromatic N) is 4. The SMILES string of the molecule is Cc1cc([N+](=O)[O-])c(N=S(=O)(OF)C(F)F)c(C(F)(F)F)c1.O=S(=Nc1ccncc1)(OF)C(F)F.[K+].[K+]. The first-order chi connectivity index (χ1) is 16.5. The topological polar surface area (TPSA) is 133 Å². The summed E-state index contributed by atoms with van der Waals surface area (Å²) < 4.78 is 144. The van der Waals surface area contributed by atoms with Crippen LogP contribution in [0.5, 0.6) is 0 Å². The van der Waals surface area contributed by atoms with E-state index in [9.17, 15) is 58.3 Å². The summed E-state index contributed by atoms with van der Waals surface area (Å²) in [5, 5.41) is 10.8. The van der Waals surface area contributed by atoms with Gasteiger partial charge in [0.15, 0.2) is 5.69 Å². The molecule has 0 spiro atoms. The molecule has 38 heavy (non-hydrogen) atoms. The minimum absolute atomic E-state index is 0. The molecular formula is C15H11F9K2N4O6S2+2. The summed E-state index contributed by atoms with van der Waals surface area (Å²) in [4.78, 5) is 13.0. The normalized spacial score (nSPS) is 14.1. The molecule has 1 aromatic carbocycles. The number of alkyl halides is 7. The fourth-order valence-electron chi connectivity index (χ4n) is 2.05. The van der Waals surface area contributed by atoms with Gasteiger partial charge in [0, 0.05) is 18.5 Å². The van der Waals surface area contributed by atoms with Crippen molar-refractivity contribution in [3.63, 3.8) is 0 Å². The van der Waals surface area contributed by atoms with Crippen molar-refractivity contribution in [2.24, 2.45) is 8.73 Å². The minimum atomic E-state index is -5.53. The molecule has 2 atom stereocenters. The molecular weight excluding hydrogens is 645 g/mol. The van der Waals surface area contributed by atoms with E-state index in [1.165, 1.54) is 24.5 Å². The number of nitro benzene ring substituents is 1. The fraction of sp³-hybridized carbons (Fsp3) is 0.267. The molecule has 0 saturated heterocycles. The van der Waals surface area contributed by atoms with Crippen LogP contribution in [0.2, 0.25) is 0 Å². The maximum atomic E-state index is 12.9. The number of nitro groups is 1. The summed E-state index contributed by atoms with van der Waals surface area (Å²) >= 11 is 0. The summed E-state index contributed by atoms with van der Waals surface area (Å²) in [6.45, 7) is 1.07. The van der Waals surface area contributed by atoms with Gasteiger partial charge in [0.05, 0.1) is 16.2 Å². The minimum Gasteiger partial charge on any atom is -0.265 e. The zero-order valence-corrected chi connectivity index (χ0v) is 27.0. The molecule has 23 heteroatoms. The van der Waals surface area contributed by atoms with Crippen LogP contribution in [0, 0.1) is 17.0 Å². The third-order valence-corrected chi connectivity index (χ3v) is 5.65. The molecule has 1 aromatic heterocycles. The molecule has 0 N–H and O–H groups in total. The monoisotopic (exact) mass is 656 g/mol. The standard InChI is InChI=1S/C9H6F6N2O4S.C6H5F3N2O2S.2K/c1-4-2-5(9(12,13)14)7(6(3-4)17(18)19)16-22(20,21-15)8(10)11;7-6(8)14(12,13-9)11-5-1-3-10-4-2-5;;/h2-3,8H,1H3;1-4,6H;;/q;;2*+1. The average Bonchev–Trinajstić information content (AvgIpc) is 2.79. The van der Waals surface area contributed by atoms with Crippen molar-refractivity contribution >= 4 is 37.1 Å². The van der Waals surface area contributed by atoms with Gasteiger partial charge in [-0.25, -0.2) is 8.42 Å². The van der Waals surface area contributed by atoms with Crippen molar-refractivity contribution in [1.82, 2.24) is 4.98 Å². The maximum Gasteiger partial charge on any atom is 1.00 e. The van der Waals surface area contributed by atoms with Gasteiger partial charge in [0.25, 0.3) is 25.7 Å². The smallest absolute Gasteiger partial charge is 0.265 e. The van der Waals surface area contributed by atoms with E-state index in [4.69, 9.17) is 0 Å². The van der Waals surface area contributed by atoms with Crippen LogP contribution in [-0.4, -0.2) is 29.8 Å². The Hall–Kier alpha value is 0.233. The van der Waals surface area contributed by atoms with E-state index in [1.54, 1.807) is 0 Å². The quantitative estimate of drug-likeness (QED) is 0.181. The van der Waals surface area contributed by atoms with Gasteiger partial charge in [0.2, 0.25) is 0 Å². The first-order valence-corrected chi connectivity index (χ1v) is 11.5. The van der Waals surface area contributed by atoms with Crippen molar-refractivity contribution in [2.45, 2.75) is 24.6 Å². The van der Waals surface area contributed by atoms with Gasteiger partial charge in [-0.1, -0.05) is 8.78 Å². The molecule has 0 aliphatic heterocycles. The predicted octanol–water partition coefficient (Wildman–Crippen LogP) is 0.288. The molecule has 0 aliphatic carbocycles. The maximum absolute atomic E-state index is 12.9. The summed E-state index contributed by atoms with van der Waals surface area (Å²) in [6.07, 6.45) is -2.76. The molecule has 2 rings (SSSR count). The van der Waals surface area contributed by atoms with Crippen LogP contribution in [-0.2, 0) is 35.0 Å². The Kier molecular flexibility index (Phi) is 18.3. The number of hydrogen-bond acceptors (Lipinski definition) is 9. The second-order valence-electron chi connectivity index (χ2n) is 6.00. The van der Waals surface area contributed by atoms with E-state index in [1.807, 2.05) is 0 Å². The first kappa shape index (κ1) is 40.4. The van der Waals surface area contributed by atoms with Crippen LogP contribution in [0.15, 0.2) is 45.4 Å². The van der Waals surface area contributed by atoms with Crippen molar-refractivity contribution in [2.75, 3.05) is 0 Å². The molecule has 2 unspecified atom stereocenters. The van der Waals surface area contributed by atoms with E-state index in [0.29, 0.717) is 12.1 Å². The number of pyridine rings is 1. The number of benzene rings is 1. The van der Waals surface area contributed by atoms with Crippen LogP contribution >= 0.6 is 0 Å². The Balaban J connectivity index is 0. The van der Waals surface area contributed by atoms with Gasteiger partial charge < -0.3 is 0 Å². The summed E-state index contributed by atoms with van der Waals surface area (Å²) in [7, 11) is -10.1. The van der Waals surface area contributed by atoms with Crippen molar-refractivity contribution in [1.29, 1.82) is 0 Å². The average molecular weight is 657 g/mol. The Bertz CT molecular complexity index is 1320. The Labute approximate surface area is 293 Å². The van der Waals surface area contributed by atoms with Crippen molar-refractivity contribution < 1.29 is 165 Å². The Morgan fingerprint density at radius 2 is 1.39 bits per heavy atom. The summed E-state index contributed by atoms with van der Waals surface area (Å²) in [5.74, 6) is -7.64. The van der Waals surface area contributed by atoms with Gasteiger partial charge in [-0.2, -0.15) is 39.5 Å². The molecule has 0 fully saturated rings. The number of halogens is 9. The van der Waals surface area contributed by atoms with E-state index >= 15 is 0 Å². The third-order valence-electron chi connectivity index (χ3n) is 3.48. The summed E-state index contributed by atoms with van der Waals surface area (Å²) in [6, 6.07) is 3.33. The number of aromatic nitrogens is 1. The third kappa shape index (κ3) is 11.6. The Morgan fingerprint density at radius 3 is 1.76 bits per heavy atom. The van der Waals surface area contributed by atoms with Gasteiger partial charge in [0.1, 0.15) is 0 Å². The summed E-state index contributed by atoms with van der Waals surface area (Å²) in [5.41, 5.74) is -5.21. The van der Waals surface area contributed by atoms with Crippen molar-refractivity contribution in [3.8, 4) is 0 Å². The van der Waals surface area contributed by atoms with E-state index in [-0.39, 0.29) is 114 Å². The molecule has 0 aliphatic rings. The molecule has 0 saturated carbocycles. The van der Waals surface area contributed by atoms with Crippen LogP contribution in [0.25, 0.3) is 0 Å². The van der Waals surface area contributed by atoms with Gasteiger partial charge in [-0.05, 0) is 39.7 Å². The van der Waals surface area contributed by atoms with Gasteiger partial charge in [-0.3, -0.25) is 15.1 Å². The number of aryl methyl sites for hydroxylation is 1. The number of hydrogen-bond donors (Lipinski definition) is 0. The Morgan fingerprint density at radius 1 is 0.947 bits per heavy atom. The molecule has 10 nitrogen and oxygen atoms in total. The van der Waals surface area contributed by atoms with Gasteiger partial charge in [-0.15, -0.1) is 0 Å². The number of rotatable bonds is 7. The van der Waals surface area contributed by atoms with Crippen LogP contribution in [0.4, 0.5) is 56.8 Å². The van der Waals surface area contributed by atoms with E-state index in [0.717, 1.165) is 6.92 Å². The zero-order chi connectivity index (χ0) is 27.9. The van der Waals surface area contributed by atoms with E-state index < -0.39 is 59.6 Å². The molecule has 2 aromatic rings. The molecule has 202 valence electrons. The van der Waals surface area contributed by atoms with Crippen LogP contribution in [0.1, 0.15) is 11.1 Å². The van der Waals surface area contributed by atoms with E-state index in [2.05, 4.69) is 22.5 Å². The second kappa shape index (κ2) is 17.2. The largest absolute Gasteiger partial charge is 1.00 e. The fourth-order valence-corrected chi connectivity index (χ4v) is 3.24. The predicted molar refractivity (Wildman–Crippen MR) is 104 cm³/mol. The van der Waals surface area contributed by atoms with Crippen molar-refractivity contribution in [3.05, 3.63) is 57.9 Å². The molecule has 0 bridgehead atoms. The van der Waals surface area contributed by atoms with Gasteiger partial charge >= 0.3 is 120 Å². The molecule has 0 radical (unpaired) electrons. The molecule has 0 amide bonds. The zero-order valence-electron chi connectivity index (χ0n) is 19.1. The second-order valence-corrected chi connectivity index (χ2v) is 9.39.